The van der Waals surface area contributed by atoms with Crippen molar-refractivity contribution in [1.29, 1.82) is 0 Å². The van der Waals surface area contributed by atoms with Crippen molar-refractivity contribution in [3.05, 3.63) is 35.9 Å². The van der Waals surface area contributed by atoms with Crippen LogP contribution in [0.3, 0.4) is 0 Å². The molecule has 0 saturated heterocycles. The molecule has 2 amide bonds. The van der Waals surface area contributed by atoms with Gasteiger partial charge in [0.05, 0.1) is 0 Å². The van der Waals surface area contributed by atoms with Gasteiger partial charge in [0.2, 0.25) is 0 Å². The number of nitrogens with zero attached hydrogens (tertiary/aromatic N) is 1. The van der Waals surface area contributed by atoms with Gasteiger partial charge in [0.1, 0.15) is 6.04 Å². The van der Waals surface area contributed by atoms with Gasteiger partial charge in [-0.25, -0.2) is 5.43 Å². The maximum atomic E-state index is 12.1. The van der Waals surface area contributed by atoms with E-state index in [0.717, 1.165) is 5.71 Å². The van der Waals surface area contributed by atoms with Crippen molar-refractivity contribution < 1.29 is 9.59 Å². The second-order valence-electron chi connectivity index (χ2n) is 5.10. The predicted molar refractivity (Wildman–Crippen MR) is 79.5 cm³/mol. The van der Waals surface area contributed by atoms with Crippen molar-refractivity contribution in [2.75, 3.05) is 0 Å². The molecule has 5 heteroatoms. The zero-order chi connectivity index (χ0) is 15.1. The Labute approximate surface area is 119 Å². The number of hydrogen-bond donors (Lipinski definition) is 2. The normalized spacial score (nSPS) is 11.7. The van der Waals surface area contributed by atoms with E-state index in [2.05, 4.69) is 15.8 Å². The van der Waals surface area contributed by atoms with E-state index in [1.54, 1.807) is 38.1 Å². The molecule has 0 radical (unpaired) electrons. The second kappa shape index (κ2) is 7.43. The number of hydrazone groups is 1. The van der Waals surface area contributed by atoms with E-state index >= 15 is 0 Å². The lowest BCUT2D eigenvalue weighted by Gasteiger charge is -2.20. The summed E-state index contributed by atoms with van der Waals surface area (Å²) in [7, 11) is 0. The highest BCUT2D eigenvalue weighted by molar-refractivity contribution is 5.97. The van der Waals surface area contributed by atoms with E-state index in [0.29, 0.717) is 5.56 Å². The highest BCUT2D eigenvalue weighted by Gasteiger charge is 2.24. The molecule has 0 aliphatic rings. The molecular weight excluding hydrogens is 254 g/mol. The van der Waals surface area contributed by atoms with Crippen molar-refractivity contribution in [1.82, 2.24) is 10.7 Å². The fourth-order valence-electron chi connectivity index (χ4n) is 1.59. The molecule has 0 aromatic heterocycles. The molecule has 20 heavy (non-hydrogen) atoms. The van der Waals surface area contributed by atoms with Crippen LogP contribution >= 0.6 is 0 Å². The van der Waals surface area contributed by atoms with Crippen LogP contribution in [0.15, 0.2) is 35.4 Å². The zero-order valence-electron chi connectivity index (χ0n) is 12.3. The SMILES string of the molecule is CC(C)=NNC(=O)[C@@H](NC(=O)c1ccccc1)C(C)C. The van der Waals surface area contributed by atoms with E-state index in [4.69, 9.17) is 0 Å². The Morgan fingerprint density at radius 1 is 1.10 bits per heavy atom. The van der Waals surface area contributed by atoms with Crippen molar-refractivity contribution in [2.45, 2.75) is 33.7 Å². The Kier molecular flexibility index (Phi) is 5.90. The Morgan fingerprint density at radius 3 is 2.20 bits per heavy atom. The minimum absolute atomic E-state index is 0.0324. The van der Waals surface area contributed by atoms with Crippen molar-refractivity contribution in [3.63, 3.8) is 0 Å². The number of rotatable bonds is 5. The van der Waals surface area contributed by atoms with Crippen LogP contribution in [0.4, 0.5) is 0 Å². The molecule has 1 rings (SSSR count). The quantitative estimate of drug-likeness (QED) is 0.637. The molecule has 0 heterocycles. The van der Waals surface area contributed by atoms with Crippen LogP contribution in [0, 0.1) is 5.92 Å². The predicted octanol–water partition coefficient (Wildman–Crippen LogP) is 1.95. The first kappa shape index (κ1) is 15.9. The van der Waals surface area contributed by atoms with Crippen LogP contribution < -0.4 is 10.7 Å². The number of hydrogen-bond acceptors (Lipinski definition) is 3. The second-order valence-corrected chi connectivity index (χ2v) is 5.10. The summed E-state index contributed by atoms with van der Waals surface area (Å²) in [6.45, 7) is 7.32. The van der Waals surface area contributed by atoms with Gasteiger partial charge in [-0.15, -0.1) is 0 Å². The van der Waals surface area contributed by atoms with E-state index in [9.17, 15) is 9.59 Å². The summed E-state index contributed by atoms with van der Waals surface area (Å²) in [4.78, 5) is 24.1. The van der Waals surface area contributed by atoms with Gasteiger partial charge in [-0.05, 0) is 31.9 Å². The third-order valence-electron chi connectivity index (χ3n) is 2.66. The van der Waals surface area contributed by atoms with Gasteiger partial charge < -0.3 is 5.32 Å². The number of carbonyl (C=O) groups is 2. The summed E-state index contributed by atoms with van der Waals surface area (Å²) in [5, 5.41) is 6.61. The minimum Gasteiger partial charge on any atom is -0.340 e. The van der Waals surface area contributed by atoms with Gasteiger partial charge in [-0.2, -0.15) is 5.10 Å². The molecule has 0 aliphatic heterocycles. The summed E-state index contributed by atoms with van der Waals surface area (Å²) in [5.41, 5.74) is 3.73. The first-order chi connectivity index (χ1) is 9.41. The lowest BCUT2D eigenvalue weighted by Crippen LogP contribution is -2.48. The third-order valence-corrected chi connectivity index (χ3v) is 2.66. The molecule has 1 aromatic carbocycles. The van der Waals surface area contributed by atoms with Crippen LogP contribution in [-0.4, -0.2) is 23.6 Å². The van der Waals surface area contributed by atoms with Gasteiger partial charge >= 0.3 is 0 Å². The highest BCUT2D eigenvalue weighted by Crippen LogP contribution is 2.05. The van der Waals surface area contributed by atoms with Crippen LogP contribution in [0.1, 0.15) is 38.1 Å². The van der Waals surface area contributed by atoms with Gasteiger partial charge in [0, 0.05) is 11.3 Å². The molecule has 0 unspecified atom stereocenters. The average molecular weight is 275 g/mol. The monoisotopic (exact) mass is 275 g/mol. The fraction of sp³-hybridized carbons (Fsp3) is 0.400. The number of carbonyl (C=O) groups excluding carboxylic acids is 2. The molecule has 0 spiro atoms. The molecule has 0 saturated carbocycles. The lowest BCUT2D eigenvalue weighted by atomic mass is 10.0. The smallest absolute Gasteiger partial charge is 0.262 e. The molecular formula is C15H21N3O2. The van der Waals surface area contributed by atoms with Crippen LogP contribution in [-0.2, 0) is 4.79 Å². The molecule has 0 bridgehead atoms. The van der Waals surface area contributed by atoms with E-state index in [1.807, 2.05) is 19.9 Å². The molecule has 108 valence electrons. The highest BCUT2D eigenvalue weighted by atomic mass is 16.2. The largest absolute Gasteiger partial charge is 0.340 e. The van der Waals surface area contributed by atoms with Crippen LogP contribution in [0.5, 0.6) is 0 Å². The minimum atomic E-state index is -0.620. The Morgan fingerprint density at radius 2 is 1.70 bits per heavy atom. The molecule has 0 aliphatic carbocycles. The maximum absolute atomic E-state index is 12.1. The third kappa shape index (κ3) is 4.84. The summed E-state index contributed by atoms with van der Waals surface area (Å²) in [5.74, 6) is -0.614. The molecule has 5 nitrogen and oxygen atoms in total. The fourth-order valence-corrected chi connectivity index (χ4v) is 1.59. The van der Waals surface area contributed by atoms with E-state index < -0.39 is 6.04 Å². The van der Waals surface area contributed by atoms with Gasteiger partial charge in [-0.1, -0.05) is 32.0 Å². The Hall–Kier alpha value is -2.17. The number of nitrogens with one attached hydrogen (secondary N) is 2. The van der Waals surface area contributed by atoms with Crippen LogP contribution in [0.25, 0.3) is 0 Å². The first-order valence-corrected chi connectivity index (χ1v) is 6.58. The van der Waals surface area contributed by atoms with Crippen molar-refractivity contribution >= 4 is 17.5 Å². The number of amides is 2. The Balaban J connectivity index is 2.75. The summed E-state index contributed by atoms with van der Waals surface area (Å²) in [6, 6.07) is 8.19. The van der Waals surface area contributed by atoms with E-state index in [-0.39, 0.29) is 17.7 Å². The number of benzene rings is 1. The van der Waals surface area contributed by atoms with E-state index in [1.165, 1.54) is 0 Å². The van der Waals surface area contributed by atoms with Crippen molar-refractivity contribution in [3.8, 4) is 0 Å². The summed E-state index contributed by atoms with van der Waals surface area (Å²) < 4.78 is 0. The average Bonchev–Trinajstić information content (AvgIpc) is 2.42. The Bertz CT molecular complexity index is 491. The first-order valence-electron chi connectivity index (χ1n) is 6.58. The standard InChI is InChI=1S/C15H21N3O2/c1-10(2)13(15(20)18-17-11(3)4)16-14(19)12-8-6-5-7-9-12/h5-10,13H,1-4H3,(H,16,19)(H,18,20)/t13-/m0/s1. The molecule has 1 atom stereocenters. The van der Waals surface area contributed by atoms with Gasteiger partial charge in [0.25, 0.3) is 11.8 Å². The maximum Gasteiger partial charge on any atom is 0.262 e. The van der Waals surface area contributed by atoms with Crippen LogP contribution in [0.2, 0.25) is 0 Å². The topological polar surface area (TPSA) is 70.6 Å². The van der Waals surface area contributed by atoms with Gasteiger partial charge in [0.15, 0.2) is 0 Å². The van der Waals surface area contributed by atoms with Crippen molar-refractivity contribution in [2.24, 2.45) is 11.0 Å². The molecule has 0 fully saturated rings. The summed E-state index contributed by atoms with van der Waals surface area (Å²) in [6.07, 6.45) is 0. The molecule has 2 N–H and O–H groups in total. The summed E-state index contributed by atoms with van der Waals surface area (Å²) >= 11 is 0. The lowest BCUT2D eigenvalue weighted by molar-refractivity contribution is -0.123. The van der Waals surface area contributed by atoms with Gasteiger partial charge in [-0.3, -0.25) is 9.59 Å². The zero-order valence-corrected chi connectivity index (χ0v) is 12.3. The molecule has 1 aromatic rings.